The zero-order valence-electron chi connectivity index (χ0n) is 14.3. The molecular formula is C16H25ClN4O2. The number of aromatic nitrogens is 2. The molecule has 1 atom stereocenters. The van der Waals surface area contributed by atoms with Crippen LogP contribution in [0.2, 0.25) is 5.15 Å². The van der Waals surface area contributed by atoms with Gasteiger partial charge in [0.15, 0.2) is 5.15 Å². The van der Waals surface area contributed by atoms with Crippen LogP contribution in [0.25, 0.3) is 0 Å². The first-order valence-corrected chi connectivity index (χ1v) is 8.27. The Morgan fingerprint density at radius 2 is 2.13 bits per heavy atom. The molecule has 1 fully saturated rings. The number of amides is 1. The van der Waals surface area contributed by atoms with Crippen LogP contribution in [0.3, 0.4) is 0 Å². The largest absolute Gasteiger partial charge is 0.444 e. The second kappa shape index (κ2) is 7.45. The maximum absolute atomic E-state index is 12.2. The lowest BCUT2D eigenvalue weighted by Gasteiger charge is -2.38. The molecular weight excluding hydrogens is 316 g/mol. The van der Waals surface area contributed by atoms with Gasteiger partial charge in [0.25, 0.3) is 0 Å². The predicted octanol–water partition coefficient (Wildman–Crippen LogP) is 2.96. The highest BCUT2D eigenvalue weighted by Crippen LogP contribution is 2.20. The number of nitrogens with zero attached hydrogens (tertiary/aromatic N) is 4. The summed E-state index contributed by atoms with van der Waals surface area (Å²) < 4.78 is 5.47. The fourth-order valence-corrected chi connectivity index (χ4v) is 2.79. The van der Waals surface area contributed by atoms with Gasteiger partial charge in [0.2, 0.25) is 0 Å². The first kappa shape index (κ1) is 17.9. The summed E-state index contributed by atoms with van der Waals surface area (Å²) in [5.41, 5.74) is 0.286. The predicted molar refractivity (Wildman–Crippen MR) is 89.3 cm³/mol. The fraction of sp³-hybridized carbons (Fsp3) is 0.688. The van der Waals surface area contributed by atoms with Gasteiger partial charge in [-0.1, -0.05) is 11.6 Å². The number of likely N-dealkylation sites (N-methyl/N-ethyl adjacent to an activating group) is 1. The van der Waals surface area contributed by atoms with Gasteiger partial charge < -0.3 is 9.64 Å². The van der Waals surface area contributed by atoms with E-state index in [0.717, 1.165) is 25.1 Å². The number of carbonyl (C=O) groups is 1. The maximum Gasteiger partial charge on any atom is 0.410 e. The van der Waals surface area contributed by atoms with Gasteiger partial charge in [0.1, 0.15) is 5.60 Å². The van der Waals surface area contributed by atoms with Crippen molar-refractivity contribution in [3.8, 4) is 0 Å². The topological polar surface area (TPSA) is 58.6 Å². The van der Waals surface area contributed by atoms with Crippen molar-refractivity contribution in [1.82, 2.24) is 19.8 Å². The molecule has 2 rings (SSSR count). The van der Waals surface area contributed by atoms with Crippen molar-refractivity contribution in [1.29, 1.82) is 0 Å². The normalized spacial score (nSPS) is 19.0. The minimum atomic E-state index is -0.469. The van der Waals surface area contributed by atoms with Crippen LogP contribution in [-0.2, 0) is 11.3 Å². The summed E-state index contributed by atoms with van der Waals surface area (Å²) in [5.74, 6) is 0. The lowest BCUT2D eigenvalue weighted by atomic mass is 10.0. The second-order valence-corrected chi connectivity index (χ2v) is 7.29. The van der Waals surface area contributed by atoms with E-state index in [9.17, 15) is 4.79 Å². The summed E-state index contributed by atoms with van der Waals surface area (Å²) in [6.07, 6.45) is 4.98. The summed E-state index contributed by atoms with van der Waals surface area (Å²) in [7, 11) is 2.02. The zero-order valence-corrected chi connectivity index (χ0v) is 15.0. The van der Waals surface area contributed by atoms with Crippen LogP contribution in [0.15, 0.2) is 12.4 Å². The Bertz CT molecular complexity index is 547. The Balaban J connectivity index is 1.95. The molecule has 1 aromatic heterocycles. The first-order valence-electron chi connectivity index (χ1n) is 7.90. The number of rotatable bonds is 3. The molecule has 0 N–H and O–H groups in total. The Kier molecular flexibility index (Phi) is 5.81. The molecule has 128 valence electrons. The molecule has 0 aliphatic carbocycles. The van der Waals surface area contributed by atoms with Crippen molar-refractivity contribution in [2.45, 2.75) is 51.8 Å². The molecule has 0 aromatic carbocycles. The summed E-state index contributed by atoms with van der Waals surface area (Å²) >= 11 is 6.07. The van der Waals surface area contributed by atoms with E-state index in [0.29, 0.717) is 18.2 Å². The van der Waals surface area contributed by atoms with E-state index in [-0.39, 0.29) is 12.1 Å². The van der Waals surface area contributed by atoms with E-state index in [1.54, 1.807) is 17.3 Å². The van der Waals surface area contributed by atoms with Gasteiger partial charge in [-0.15, -0.1) is 0 Å². The fourth-order valence-electron chi connectivity index (χ4n) is 2.63. The number of piperidine rings is 1. The average molecular weight is 341 g/mol. The molecule has 23 heavy (non-hydrogen) atoms. The highest BCUT2D eigenvalue weighted by molar-refractivity contribution is 6.29. The van der Waals surface area contributed by atoms with Gasteiger partial charge in [-0.2, -0.15) is 0 Å². The van der Waals surface area contributed by atoms with E-state index in [4.69, 9.17) is 16.3 Å². The number of halogens is 1. The molecule has 2 heterocycles. The molecule has 0 spiro atoms. The van der Waals surface area contributed by atoms with Crippen LogP contribution < -0.4 is 0 Å². The Hall–Kier alpha value is -1.40. The Labute approximate surface area is 142 Å². The van der Waals surface area contributed by atoms with Crippen molar-refractivity contribution in [2.75, 3.05) is 20.1 Å². The molecule has 1 aliphatic rings. The SMILES string of the molecule is CN(Cc1nccnc1Cl)[C@H]1CCCN(C(=O)OC(C)(C)C)C1. The zero-order chi connectivity index (χ0) is 17.0. The van der Waals surface area contributed by atoms with E-state index in [1.807, 2.05) is 27.8 Å². The van der Waals surface area contributed by atoms with Gasteiger partial charge >= 0.3 is 6.09 Å². The molecule has 1 aromatic rings. The van der Waals surface area contributed by atoms with Crippen LogP contribution in [-0.4, -0.2) is 57.6 Å². The summed E-state index contributed by atoms with van der Waals surface area (Å²) in [4.78, 5) is 24.5. The number of hydrogen-bond donors (Lipinski definition) is 0. The van der Waals surface area contributed by atoms with Gasteiger partial charge in [0, 0.05) is 38.1 Å². The highest BCUT2D eigenvalue weighted by Gasteiger charge is 2.29. The molecule has 0 bridgehead atoms. The first-order chi connectivity index (χ1) is 10.8. The number of ether oxygens (including phenoxy) is 1. The average Bonchev–Trinajstić information content (AvgIpc) is 2.48. The highest BCUT2D eigenvalue weighted by atomic mass is 35.5. The molecule has 0 radical (unpaired) electrons. The lowest BCUT2D eigenvalue weighted by Crippen LogP contribution is -2.49. The third-order valence-electron chi connectivity index (χ3n) is 3.79. The van der Waals surface area contributed by atoms with Crippen molar-refractivity contribution < 1.29 is 9.53 Å². The Morgan fingerprint density at radius 1 is 1.43 bits per heavy atom. The van der Waals surface area contributed by atoms with E-state index < -0.39 is 5.60 Å². The number of likely N-dealkylation sites (tertiary alicyclic amines) is 1. The van der Waals surface area contributed by atoms with Crippen molar-refractivity contribution in [2.24, 2.45) is 0 Å². The van der Waals surface area contributed by atoms with E-state index >= 15 is 0 Å². The molecule has 0 unspecified atom stereocenters. The Morgan fingerprint density at radius 3 is 2.78 bits per heavy atom. The van der Waals surface area contributed by atoms with Crippen LogP contribution >= 0.6 is 11.6 Å². The van der Waals surface area contributed by atoms with E-state index in [1.165, 1.54) is 0 Å². The number of carbonyl (C=O) groups excluding carboxylic acids is 1. The van der Waals surface area contributed by atoms with Crippen LogP contribution in [0, 0.1) is 0 Å². The van der Waals surface area contributed by atoms with Crippen molar-refractivity contribution >= 4 is 17.7 Å². The van der Waals surface area contributed by atoms with Crippen molar-refractivity contribution in [3.05, 3.63) is 23.2 Å². The molecule has 6 nitrogen and oxygen atoms in total. The van der Waals surface area contributed by atoms with Gasteiger partial charge in [-0.3, -0.25) is 9.88 Å². The molecule has 1 saturated heterocycles. The smallest absolute Gasteiger partial charge is 0.410 e. The monoisotopic (exact) mass is 340 g/mol. The van der Waals surface area contributed by atoms with Crippen LogP contribution in [0.5, 0.6) is 0 Å². The lowest BCUT2D eigenvalue weighted by molar-refractivity contribution is 0.0120. The van der Waals surface area contributed by atoms with E-state index in [2.05, 4.69) is 14.9 Å². The third kappa shape index (κ3) is 5.32. The quantitative estimate of drug-likeness (QED) is 0.846. The summed E-state index contributed by atoms with van der Waals surface area (Å²) in [5, 5.41) is 0.430. The molecule has 0 saturated carbocycles. The minimum absolute atomic E-state index is 0.242. The molecule has 1 aliphatic heterocycles. The van der Waals surface area contributed by atoms with Gasteiger partial charge in [-0.25, -0.2) is 9.78 Å². The second-order valence-electron chi connectivity index (χ2n) is 6.93. The summed E-state index contributed by atoms with van der Waals surface area (Å²) in [6.45, 7) is 7.66. The van der Waals surface area contributed by atoms with Crippen LogP contribution in [0.4, 0.5) is 4.79 Å². The molecule has 1 amide bonds. The number of hydrogen-bond acceptors (Lipinski definition) is 5. The molecule has 7 heteroatoms. The standard InChI is InChI=1S/C16H25ClN4O2/c1-16(2,3)23-15(22)21-9-5-6-12(10-21)20(4)11-13-14(17)19-8-7-18-13/h7-8,12H,5-6,9-11H2,1-4H3/t12-/m0/s1. The van der Waals surface area contributed by atoms with Gasteiger partial charge in [-0.05, 0) is 40.7 Å². The summed E-state index contributed by atoms with van der Waals surface area (Å²) in [6, 6.07) is 0.259. The maximum atomic E-state index is 12.2. The van der Waals surface area contributed by atoms with Crippen LogP contribution in [0.1, 0.15) is 39.3 Å². The third-order valence-corrected chi connectivity index (χ3v) is 4.11. The van der Waals surface area contributed by atoms with Crippen molar-refractivity contribution in [3.63, 3.8) is 0 Å². The minimum Gasteiger partial charge on any atom is -0.444 e. The van der Waals surface area contributed by atoms with Gasteiger partial charge in [0.05, 0.1) is 5.69 Å².